The lowest BCUT2D eigenvalue weighted by Crippen LogP contribution is -2.31. The average molecular weight is 353 g/mol. The zero-order valence-corrected chi connectivity index (χ0v) is 14.4. The first-order valence-corrected chi connectivity index (χ1v) is 8.34. The number of amides is 1. The molecule has 0 fully saturated rings. The van der Waals surface area contributed by atoms with Crippen molar-refractivity contribution in [1.82, 2.24) is 5.32 Å². The largest absolute Gasteiger partial charge is 0.492 e. The van der Waals surface area contributed by atoms with Gasteiger partial charge in [0.15, 0.2) is 11.3 Å². The number of carbonyl (C=O) groups is 1. The molecule has 0 radical (unpaired) electrons. The fraction of sp³-hybridized carbons (Fsp3) is 0.200. The summed E-state index contributed by atoms with van der Waals surface area (Å²) < 4.78 is 16.2. The molecule has 134 valence electrons. The quantitative estimate of drug-likeness (QED) is 0.522. The average Bonchev–Trinajstić information content (AvgIpc) is 2.66. The van der Waals surface area contributed by atoms with Crippen molar-refractivity contribution in [3.05, 3.63) is 70.6 Å². The lowest BCUT2D eigenvalue weighted by molar-refractivity contribution is 0.0943. The maximum Gasteiger partial charge on any atom is 0.349 e. The van der Waals surface area contributed by atoms with E-state index in [9.17, 15) is 9.59 Å². The molecular formula is C20H19NO5. The summed E-state index contributed by atoms with van der Waals surface area (Å²) >= 11 is 0. The van der Waals surface area contributed by atoms with Gasteiger partial charge in [0.1, 0.15) is 17.9 Å². The van der Waals surface area contributed by atoms with E-state index < -0.39 is 11.5 Å². The van der Waals surface area contributed by atoms with Crippen molar-refractivity contribution in [3.63, 3.8) is 0 Å². The van der Waals surface area contributed by atoms with Crippen LogP contribution in [0.2, 0.25) is 0 Å². The van der Waals surface area contributed by atoms with Gasteiger partial charge in [-0.1, -0.05) is 30.3 Å². The lowest BCUT2D eigenvalue weighted by atomic mass is 10.1. The third kappa shape index (κ3) is 4.03. The van der Waals surface area contributed by atoms with Gasteiger partial charge in [-0.15, -0.1) is 0 Å². The molecule has 0 aliphatic carbocycles. The minimum absolute atomic E-state index is 0.0501. The van der Waals surface area contributed by atoms with Crippen LogP contribution in [-0.2, 0) is 0 Å². The molecule has 0 aliphatic heterocycles. The Bertz CT molecular complexity index is 949. The first-order chi connectivity index (χ1) is 12.7. The summed E-state index contributed by atoms with van der Waals surface area (Å²) in [6.45, 7) is 2.86. The van der Waals surface area contributed by atoms with Crippen LogP contribution in [0.5, 0.6) is 11.5 Å². The molecule has 1 aromatic heterocycles. The number of fused-ring (bicyclic) bond motifs is 1. The number of hydrogen-bond donors (Lipinski definition) is 1. The van der Waals surface area contributed by atoms with Crippen LogP contribution in [0.25, 0.3) is 11.0 Å². The minimum atomic E-state index is -0.703. The van der Waals surface area contributed by atoms with Crippen LogP contribution in [-0.4, -0.2) is 25.7 Å². The first kappa shape index (κ1) is 17.5. The SMILES string of the molecule is CCOc1cccc2cc(C(=O)NCCOc3ccccc3)c(=O)oc12. The summed E-state index contributed by atoms with van der Waals surface area (Å²) in [5.41, 5.74) is -0.416. The predicted octanol–water partition coefficient (Wildman–Crippen LogP) is 3.00. The fourth-order valence-corrected chi connectivity index (χ4v) is 2.49. The number of benzene rings is 2. The Morgan fingerprint density at radius 2 is 1.88 bits per heavy atom. The smallest absolute Gasteiger partial charge is 0.349 e. The molecule has 0 spiro atoms. The second-order valence-corrected chi connectivity index (χ2v) is 5.47. The summed E-state index contributed by atoms with van der Waals surface area (Å²) in [5.74, 6) is 0.694. The molecule has 0 bridgehead atoms. The summed E-state index contributed by atoms with van der Waals surface area (Å²) in [4.78, 5) is 24.4. The molecule has 3 aromatic rings. The van der Waals surface area contributed by atoms with Crippen molar-refractivity contribution in [2.24, 2.45) is 0 Å². The predicted molar refractivity (Wildman–Crippen MR) is 97.9 cm³/mol. The highest BCUT2D eigenvalue weighted by Gasteiger charge is 2.15. The molecule has 0 saturated heterocycles. The maximum absolute atomic E-state index is 12.3. The number of para-hydroxylation sites is 2. The van der Waals surface area contributed by atoms with Crippen LogP contribution in [0.4, 0.5) is 0 Å². The molecule has 0 atom stereocenters. The molecule has 1 N–H and O–H groups in total. The van der Waals surface area contributed by atoms with Crippen molar-refractivity contribution in [2.45, 2.75) is 6.92 Å². The molecule has 2 aromatic carbocycles. The van der Waals surface area contributed by atoms with Crippen molar-refractivity contribution >= 4 is 16.9 Å². The van der Waals surface area contributed by atoms with Crippen LogP contribution in [0.15, 0.2) is 63.8 Å². The third-order valence-electron chi connectivity index (χ3n) is 3.67. The summed E-state index contributed by atoms with van der Waals surface area (Å²) in [6.07, 6.45) is 0. The van der Waals surface area contributed by atoms with Crippen molar-refractivity contribution < 1.29 is 18.7 Å². The van der Waals surface area contributed by atoms with Crippen LogP contribution in [0.1, 0.15) is 17.3 Å². The zero-order valence-electron chi connectivity index (χ0n) is 14.4. The van der Waals surface area contributed by atoms with Gasteiger partial charge in [-0.3, -0.25) is 4.79 Å². The molecule has 0 saturated carbocycles. The molecule has 1 heterocycles. The van der Waals surface area contributed by atoms with E-state index >= 15 is 0 Å². The number of carbonyl (C=O) groups excluding carboxylic acids is 1. The van der Waals surface area contributed by atoms with Gasteiger partial charge >= 0.3 is 5.63 Å². The van der Waals surface area contributed by atoms with Gasteiger partial charge in [-0.05, 0) is 31.2 Å². The van der Waals surface area contributed by atoms with Gasteiger partial charge in [0.25, 0.3) is 5.91 Å². The van der Waals surface area contributed by atoms with Crippen LogP contribution in [0, 0.1) is 0 Å². The van der Waals surface area contributed by atoms with Crippen molar-refractivity contribution in [1.29, 1.82) is 0 Å². The Balaban J connectivity index is 1.68. The van der Waals surface area contributed by atoms with E-state index in [0.717, 1.165) is 5.75 Å². The first-order valence-electron chi connectivity index (χ1n) is 8.34. The second kappa shape index (κ2) is 8.20. The van der Waals surface area contributed by atoms with E-state index in [2.05, 4.69) is 5.32 Å². The standard InChI is InChI=1S/C20H19NO5/c1-2-24-17-10-6-7-14-13-16(20(23)26-18(14)17)19(22)21-11-12-25-15-8-4-3-5-9-15/h3-10,13H,2,11-12H2,1H3,(H,21,22). The summed E-state index contributed by atoms with van der Waals surface area (Å²) in [5, 5.41) is 3.29. The van der Waals surface area contributed by atoms with Gasteiger partial charge in [-0.2, -0.15) is 0 Å². The lowest BCUT2D eigenvalue weighted by Gasteiger charge is -2.09. The van der Waals surface area contributed by atoms with E-state index in [-0.39, 0.29) is 12.1 Å². The Morgan fingerprint density at radius 3 is 2.65 bits per heavy atom. The normalized spacial score (nSPS) is 10.5. The minimum Gasteiger partial charge on any atom is -0.492 e. The van der Waals surface area contributed by atoms with Crippen molar-refractivity contribution in [3.8, 4) is 11.5 Å². The molecule has 0 unspecified atom stereocenters. The van der Waals surface area contributed by atoms with E-state index in [4.69, 9.17) is 13.9 Å². The van der Waals surface area contributed by atoms with Gasteiger partial charge in [0.05, 0.1) is 13.2 Å². The maximum atomic E-state index is 12.3. The summed E-state index contributed by atoms with van der Waals surface area (Å²) in [7, 11) is 0. The third-order valence-corrected chi connectivity index (χ3v) is 3.67. The number of ether oxygens (including phenoxy) is 2. The van der Waals surface area contributed by atoms with Crippen LogP contribution < -0.4 is 20.4 Å². The molecule has 26 heavy (non-hydrogen) atoms. The van der Waals surface area contributed by atoms with Gasteiger partial charge in [0.2, 0.25) is 0 Å². The summed E-state index contributed by atoms with van der Waals surface area (Å²) in [6, 6.07) is 16.1. The van der Waals surface area contributed by atoms with Crippen molar-refractivity contribution in [2.75, 3.05) is 19.8 Å². The van der Waals surface area contributed by atoms with Gasteiger partial charge in [0, 0.05) is 5.39 Å². The monoisotopic (exact) mass is 353 g/mol. The Hall–Kier alpha value is -3.28. The van der Waals surface area contributed by atoms with Gasteiger partial charge < -0.3 is 19.2 Å². The molecular weight excluding hydrogens is 334 g/mol. The Labute approximate surface area is 150 Å². The highest BCUT2D eigenvalue weighted by Crippen LogP contribution is 2.24. The number of nitrogens with one attached hydrogen (secondary N) is 1. The molecule has 3 rings (SSSR count). The van der Waals surface area contributed by atoms with Gasteiger partial charge in [-0.25, -0.2) is 4.79 Å². The zero-order chi connectivity index (χ0) is 18.4. The van der Waals surface area contributed by atoms with E-state index in [0.29, 0.717) is 29.9 Å². The molecule has 0 aliphatic rings. The fourth-order valence-electron chi connectivity index (χ4n) is 2.49. The van der Waals surface area contributed by atoms with E-state index in [1.807, 2.05) is 37.3 Å². The number of hydrogen-bond acceptors (Lipinski definition) is 5. The molecule has 6 nitrogen and oxygen atoms in total. The highest BCUT2D eigenvalue weighted by molar-refractivity contribution is 5.97. The topological polar surface area (TPSA) is 77.8 Å². The highest BCUT2D eigenvalue weighted by atomic mass is 16.5. The molecule has 6 heteroatoms. The van der Waals surface area contributed by atoms with Crippen LogP contribution >= 0.6 is 0 Å². The number of rotatable bonds is 7. The van der Waals surface area contributed by atoms with Crippen LogP contribution in [0.3, 0.4) is 0 Å². The Kier molecular flexibility index (Phi) is 5.53. The van der Waals surface area contributed by atoms with E-state index in [1.165, 1.54) is 6.07 Å². The molecule has 1 amide bonds. The Morgan fingerprint density at radius 1 is 1.08 bits per heavy atom. The van der Waals surface area contributed by atoms with E-state index in [1.54, 1.807) is 18.2 Å². The second-order valence-electron chi connectivity index (χ2n) is 5.47.